The molecule has 0 spiro atoms. The molecule has 1 aliphatic rings. The van der Waals surface area contributed by atoms with Crippen molar-refractivity contribution in [1.29, 1.82) is 0 Å². The van der Waals surface area contributed by atoms with Crippen molar-refractivity contribution in [3.63, 3.8) is 0 Å². The van der Waals surface area contributed by atoms with Crippen molar-refractivity contribution >= 4 is 5.69 Å². The number of hydrogen-bond acceptors (Lipinski definition) is 3. The second kappa shape index (κ2) is 7.51. The van der Waals surface area contributed by atoms with E-state index in [9.17, 15) is 0 Å². The SMILES string of the molecule is COC1CCC(Nc2cccc(CCCO)c2)CC1. The first-order chi connectivity index (χ1) is 9.31. The Hall–Kier alpha value is -1.06. The normalized spacial score (nSPS) is 23.3. The number of methoxy groups -OCH3 is 1. The molecule has 1 saturated carbocycles. The Balaban J connectivity index is 1.85. The number of benzene rings is 1. The highest BCUT2D eigenvalue weighted by atomic mass is 16.5. The van der Waals surface area contributed by atoms with Gasteiger partial charge in [0.2, 0.25) is 0 Å². The summed E-state index contributed by atoms with van der Waals surface area (Å²) in [6.45, 7) is 0.263. The quantitative estimate of drug-likeness (QED) is 0.829. The van der Waals surface area contributed by atoms with Crippen LogP contribution >= 0.6 is 0 Å². The van der Waals surface area contributed by atoms with Gasteiger partial charge in [-0.05, 0) is 56.2 Å². The fraction of sp³-hybridized carbons (Fsp3) is 0.625. The second-order valence-electron chi connectivity index (χ2n) is 5.38. The van der Waals surface area contributed by atoms with Crippen molar-refractivity contribution in [3.8, 4) is 0 Å². The largest absolute Gasteiger partial charge is 0.396 e. The zero-order valence-corrected chi connectivity index (χ0v) is 11.8. The Kier molecular flexibility index (Phi) is 5.67. The van der Waals surface area contributed by atoms with Gasteiger partial charge in [0.25, 0.3) is 0 Å². The molecule has 0 saturated heterocycles. The minimum Gasteiger partial charge on any atom is -0.396 e. The molecule has 0 unspecified atom stereocenters. The minimum absolute atomic E-state index is 0.263. The summed E-state index contributed by atoms with van der Waals surface area (Å²) in [7, 11) is 1.81. The van der Waals surface area contributed by atoms with Gasteiger partial charge in [0.1, 0.15) is 0 Å². The van der Waals surface area contributed by atoms with Gasteiger partial charge in [0.05, 0.1) is 6.10 Å². The first-order valence-corrected chi connectivity index (χ1v) is 7.31. The second-order valence-corrected chi connectivity index (χ2v) is 5.38. The van der Waals surface area contributed by atoms with Gasteiger partial charge in [0, 0.05) is 25.4 Å². The molecule has 3 heteroatoms. The lowest BCUT2D eigenvalue weighted by Crippen LogP contribution is -2.29. The first kappa shape index (κ1) is 14.4. The lowest BCUT2D eigenvalue weighted by Gasteiger charge is -2.29. The zero-order chi connectivity index (χ0) is 13.5. The van der Waals surface area contributed by atoms with E-state index in [0.29, 0.717) is 12.1 Å². The van der Waals surface area contributed by atoms with Crippen LogP contribution < -0.4 is 5.32 Å². The summed E-state index contributed by atoms with van der Waals surface area (Å²) < 4.78 is 5.40. The van der Waals surface area contributed by atoms with Crippen LogP contribution in [0.2, 0.25) is 0 Å². The van der Waals surface area contributed by atoms with Gasteiger partial charge >= 0.3 is 0 Å². The van der Waals surface area contributed by atoms with Crippen LogP contribution in [0, 0.1) is 0 Å². The summed E-state index contributed by atoms with van der Waals surface area (Å²) in [5.41, 5.74) is 2.50. The van der Waals surface area contributed by atoms with Crippen LogP contribution in [0.3, 0.4) is 0 Å². The van der Waals surface area contributed by atoms with Crippen molar-refractivity contribution in [2.75, 3.05) is 19.0 Å². The lowest BCUT2D eigenvalue weighted by atomic mass is 9.92. The third-order valence-electron chi connectivity index (χ3n) is 3.93. The van der Waals surface area contributed by atoms with E-state index in [1.165, 1.54) is 24.1 Å². The summed E-state index contributed by atoms with van der Waals surface area (Å²) >= 11 is 0. The van der Waals surface area contributed by atoms with Gasteiger partial charge < -0.3 is 15.2 Å². The fourth-order valence-electron chi connectivity index (χ4n) is 2.78. The topological polar surface area (TPSA) is 41.5 Å². The lowest BCUT2D eigenvalue weighted by molar-refractivity contribution is 0.0682. The molecule has 2 rings (SSSR count). The molecule has 3 nitrogen and oxygen atoms in total. The molecule has 106 valence electrons. The van der Waals surface area contributed by atoms with Crippen molar-refractivity contribution in [2.45, 2.75) is 50.7 Å². The van der Waals surface area contributed by atoms with E-state index in [4.69, 9.17) is 9.84 Å². The van der Waals surface area contributed by atoms with Crippen molar-refractivity contribution < 1.29 is 9.84 Å². The number of hydrogen-bond donors (Lipinski definition) is 2. The summed E-state index contributed by atoms with van der Waals surface area (Å²) in [6.07, 6.45) is 6.90. The van der Waals surface area contributed by atoms with Gasteiger partial charge in [-0.1, -0.05) is 12.1 Å². The molecule has 19 heavy (non-hydrogen) atoms. The minimum atomic E-state index is 0.263. The van der Waals surface area contributed by atoms with Crippen molar-refractivity contribution in [1.82, 2.24) is 0 Å². The molecule has 1 aliphatic carbocycles. The highest BCUT2D eigenvalue weighted by Gasteiger charge is 2.20. The van der Waals surface area contributed by atoms with Crippen molar-refractivity contribution in [2.24, 2.45) is 0 Å². The highest BCUT2D eigenvalue weighted by Crippen LogP contribution is 2.24. The standard InChI is InChI=1S/C16H25NO2/c1-19-16-9-7-14(8-10-16)17-15-6-2-4-13(12-15)5-3-11-18/h2,4,6,12,14,16-18H,3,5,7-11H2,1H3. The molecular weight excluding hydrogens is 238 g/mol. The molecule has 1 fully saturated rings. The van der Waals surface area contributed by atoms with Gasteiger partial charge in [-0.25, -0.2) is 0 Å². The molecular formula is C16H25NO2. The van der Waals surface area contributed by atoms with Crippen LogP contribution in [-0.2, 0) is 11.2 Å². The van der Waals surface area contributed by atoms with Gasteiger partial charge in [-0.15, -0.1) is 0 Å². The molecule has 0 aliphatic heterocycles. The van der Waals surface area contributed by atoms with Gasteiger partial charge in [-0.3, -0.25) is 0 Å². The molecule has 0 heterocycles. The number of aliphatic hydroxyl groups is 1. The third kappa shape index (κ3) is 4.51. The number of anilines is 1. The van der Waals surface area contributed by atoms with Gasteiger partial charge in [0.15, 0.2) is 0 Å². The number of rotatable bonds is 6. The maximum atomic E-state index is 8.88. The molecule has 0 bridgehead atoms. The Labute approximate surface area is 116 Å². The predicted molar refractivity (Wildman–Crippen MR) is 78.5 cm³/mol. The van der Waals surface area contributed by atoms with Crippen LogP contribution in [0.15, 0.2) is 24.3 Å². The van der Waals surface area contributed by atoms with E-state index in [0.717, 1.165) is 25.7 Å². The molecule has 0 atom stereocenters. The van der Waals surface area contributed by atoms with Crippen LogP contribution in [0.5, 0.6) is 0 Å². The third-order valence-corrected chi connectivity index (χ3v) is 3.93. The first-order valence-electron chi connectivity index (χ1n) is 7.31. The molecule has 1 aromatic carbocycles. The summed E-state index contributed by atoms with van der Waals surface area (Å²) in [4.78, 5) is 0. The maximum Gasteiger partial charge on any atom is 0.0572 e. The molecule has 2 N–H and O–H groups in total. The van der Waals surface area contributed by atoms with Gasteiger partial charge in [-0.2, -0.15) is 0 Å². The fourth-order valence-corrected chi connectivity index (χ4v) is 2.78. The highest BCUT2D eigenvalue weighted by molar-refractivity contribution is 5.46. The van der Waals surface area contributed by atoms with E-state index < -0.39 is 0 Å². The van der Waals surface area contributed by atoms with Crippen LogP contribution in [0.25, 0.3) is 0 Å². The molecule has 0 aromatic heterocycles. The Bertz CT molecular complexity index is 373. The van der Waals surface area contributed by atoms with E-state index in [1.54, 1.807) is 0 Å². The van der Waals surface area contributed by atoms with E-state index in [2.05, 4.69) is 29.6 Å². The Morgan fingerprint density at radius 2 is 2.05 bits per heavy atom. The smallest absolute Gasteiger partial charge is 0.0572 e. The average molecular weight is 263 g/mol. The monoisotopic (exact) mass is 263 g/mol. The molecule has 0 radical (unpaired) electrons. The predicted octanol–water partition coefficient (Wildman–Crippen LogP) is 2.98. The van der Waals surface area contributed by atoms with E-state index in [-0.39, 0.29) is 6.61 Å². The summed E-state index contributed by atoms with van der Waals surface area (Å²) in [5.74, 6) is 0. The number of aryl methyl sites for hydroxylation is 1. The summed E-state index contributed by atoms with van der Waals surface area (Å²) in [5, 5.41) is 12.5. The van der Waals surface area contributed by atoms with E-state index >= 15 is 0 Å². The van der Waals surface area contributed by atoms with Crippen molar-refractivity contribution in [3.05, 3.63) is 29.8 Å². The molecule has 1 aromatic rings. The Morgan fingerprint density at radius 3 is 2.74 bits per heavy atom. The van der Waals surface area contributed by atoms with Crippen LogP contribution in [0.4, 0.5) is 5.69 Å². The Morgan fingerprint density at radius 1 is 1.26 bits per heavy atom. The number of nitrogens with one attached hydrogen (secondary N) is 1. The van der Waals surface area contributed by atoms with Crippen LogP contribution in [-0.4, -0.2) is 31.0 Å². The van der Waals surface area contributed by atoms with Crippen LogP contribution in [0.1, 0.15) is 37.7 Å². The average Bonchev–Trinajstić information content (AvgIpc) is 2.46. The molecule has 0 amide bonds. The van der Waals surface area contributed by atoms with E-state index in [1.807, 2.05) is 7.11 Å². The summed E-state index contributed by atoms with van der Waals surface area (Å²) in [6, 6.07) is 9.13. The maximum absolute atomic E-state index is 8.88. The zero-order valence-electron chi connectivity index (χ0n) is 11.8. The number of aliphatic hydroxyl groups excluding tert-OH is 1. The number of ether oxygens (including phenoxy) is 1.